The van der Waals surface area contributed by atoms with Gasteiger partial charge >= 0.3 is 5.97 Å². The number of hydrogen-bond acceptors (Lipinski definition) is 5. The van der Waals surface area contributed by atoms with Crippen molar-refractivity contribution in [1.29, 1.82) is 0 Å². The largest absolute Gasteiger partial charge is 0.464 e. The van der Waals surface area contributed by atoms with Gasteiger partial charge in [0.15, 0.2) is 5.69 Å². The number of rotatable bonds is 4. The highest BCUT2D eigenvalue weighted by Crippen LogP contribution is 2.27. The molecule has 0 aliphatic carbocycles. The number of aromatic nitrogens is 2. The zero-order valence-electron chi connectivity index (χ0n) is 12.6. The molecule has 0 fully saturated rings. The molecular formula is C16H18N2O3. The minimum Gasteiger partial charge on any atom is -0.464 e. The fourth-order valence-corrected chi connectivity index (χ4v) is 1.78. The van der Waals surface area contributed by atoms with Gasteiger partial charge in [0, 0.05) is 0 Å². The van der Waals surface area contributed by atoms with Crippen LogP contribution < -0.4 is 4.74 Å². The molecule has 0 aliphatic heterocycles. The lowest BCUT2D eigenvalue weighted by molar-refractivity contribution is 0.0593. The van der Waals surface area contributed by atoms with Gasteiger partial charge in [0.1, 0.15) is 5.75 Å². The molecule has 0 amide bonds. The summed E-state index contributed by atoms with van der Waals surface area (Å²) < 4.78 is 10.3. The third-order valence-corrected chi connectivity index (χ3v) is 3.12. The van der Waals surface area contributed by atoms with Gasteiger partial charge in [0.25, 0.3) is 0 Å². The van der Waals surface area contributed by atoms with E-state index in [2.05, 4.69) is 34.6 Å². The van der Waals surface area contributed by atoms with Gasteiger partial charge in [-0.2, -0.15) is 0 Å². The third-order valence-electron chi connectivity index (χ3n) is 3.12. The summed E-state index contributed by atoms with van der Waals surface area (Å²) in [7, 11) is 1.30. The van der Waals surface area contributed by atoms with Crippen LogP contribution in [-0.4, -0.2) is 23.0 Å². The van der Waals surface area contributed by atoms with Crippen molar-refractivity contribution < 1.29 is 14.3 Å². The number of hydrogen-bond donors (Lipinski definition) is 0. The van der Waals surface area contributed by atoms with E-state index in [1.54, 1.807) is 0 Å². The van der Waals surface area contributed by atoms with Crippen molar-refractivity contribution in [3.8, 4) is 11.6 Å². The lowest BCUT2D eigenvalue weighted by atomic mass is 10.0. The van der Waals surface area contributed by atoms with Crippen LogP contribution in [0, 0.1) is 6.92 Å². The van der Waals surface area contributed by atoms with Crippen molar-refractivity contribution in [2.75, 3.05) is 7.11 Å². The van der Waals surface area contributed by atoms with Crippen LogP contribution in [0.2, 0.25) is 0 Å². The van der Waals surface area contributed by atoms with E-state index in [1.165, 1.54) is 25.1 Å². The smallest absolute Gasteiger partial charge is 0.358 e. The number of esters is 1. The Hall–Kier alpha value is -2.43. The van der Waals surface area contributed by atoms with Gasteiger partial charge in [0.2, 0.25) is 5.88 Å². The minimum absolute atomic E-state index is 0.150. The van der Waals surface area contributed by atoms with Gasteiger partial charge < -0.3 is 9.47 Å². The van der Waals surface area contributed by atoms with Crippen LogP contribution in [0.25, 0.3) is 0 Å². The second-order valence-corrected chi connectivity index (χ2v) is 5.01. The fourth-order valence-electron chi connectivity index (χ4n) is 1.78. The van der Waals surface area contributed by atoms with E-state index in [0.29, 0.717) is 11.8 Å². The minimum atomic E-state index is -0.521. The van der Waals surface area contributed by atoms with Gasteiger partial charge in [-0.25, -0.2) is 14.8 Å². The average molecular weight is 286 g/mol. The first kappa shape index (κ1) is 15.0. The lowest BCUT2D eigenvalue weighted by Gasteiger charge is -2.11. The number of ether oxygens (including phenoxy) is 2. The highest BCUT2D eigenvalue weighted by atomic mass is 16.5. The Morgan fingerprint density at radius 1 is 1.19 bits per heavy atom. The zero-order chi connectivity index (χ0) is 15.4. The van der Waals surface area contributed by atoms with E-state index in [1.807, 2.05) is 19.1 Å². The van der Waals surface area contributed by atoms with Crippen molar-refractivity contribution in [3.05, 3.63) is 47.4 Å². The quantitative estimate of drug-likeness (QED) is 0.805. The molecule has 0 aliphatic rings. The fraction of sp³-hybridized carbons (Fsp3) is 0.312. The highest BCUT2D eigenvalue weighted by molar-refractivity contribution is 5.86. The molecule has 0 saturated carbocycles. The number of carbonyl (C=O) groups excluding carboxylic acids is 1. The molecule has 0 N–H and O–H groups in total. The molecule has 5 heteroatoms. The Morgan fingerprint density at radius 3 is 2.52 bits per heavy atom. The molecule has 1 aromatic heterocycles. The molecule has 5 nitrogen and oxygen atoms in total. The molecule has 2 aromatic rings. The van der Waals surface area contributed by atoms with E-state index in [-0.39, 0.29) is 5.69 Å². The summed E-state index contributed by atoms with van der Waals surface area (Å²) in [6.45, 7) is 6.22. The molecule has 0 bridgehead atoms. The van der Waals surface area contributed by atoms with Crippen molar-refractivity contribution >= 4 is 5.97 Å². The summed E-state index contributed by atoms with van der Waals surface area (Å²) in [5.74, 6) is 0.973. The van der Waals surface area contributed by atoms with Crippen LogP contribution in [-0.2, 0) is 4.74 Å². The SMILES string of the molecule is COC(=O)c1cnc(Oc2cc(C(C)C)ccc2C)cn1. The molecule has 110 valence electrons. The molecule has 0 atom stereocenters. The van der Waals surface area contributed by atoms with E-state index < -0.39 is 5.97 Å². The monoisotopic (exact) mass is 286 g/mol. The maximum absolute atomic E-state index is 11.3. The summed E-state index contributed by atoms with van der Waals surface area (Å²) in [4.78, 5) is 19.3. The predicted molar refractivity (Wildman–Crippen MR) is 78.7 cm³/mol. The predicted octanol–water partition coefficient (Wildman–Crippen LogP) is 3.49. The number of benzene rings is 1. The number of nitrogens with zero attached hydrogens (tertiary/aromatic N) is 2. The Morgan fingerprint density at radius 2 is 1.95 bits per heavy atom. The van der Waals surface area contributed by atoms with Gasteiger partial charge in [-0.15, -0.1) is 0 Å². The second kappa shape index (κ2) is 6.35. The number of methoxy groups -OCH3 is 1. The van der Waals surface area contributed by atoms with Crippen LogP contribution in [0.15, 0.2) is 30.6 Å². The highest BCUT2D eigenvalue weighted by Gasteiger charge is 2.10. The first-order valence-electron chi connectivity index (χ1n) is 6.70. The molecule has 1 aromatic carbocycles. The zero-order valence-corrected chi connectivity index (χ0v) is 12.6. The second-order valence-electron chi connectivity index (χ2n) is 5.01. The summed E-state index contributed by atoms with van der Waals surface area (Å²) in [5, 5.41) is 0. The first-order chi connectivity index (χ1) is 10.0. The van der Waals surface area contributed by atoms with E-state index in [4.69, 9.17) is 4.74 Å². The Kier molecular flexibility index (Phi) is 4.52. The number of carbonyl (C=O) groups is 1. The normalized spacial score (nSPS) is 10.5. The number of aryl methyl sites for hydroxylation is 1. The van der Waals surface area contributed by atoms with Crippen molar-refractivity contribution in [2.24, 2.45) is 0 Å². The lowest BCUT2D eigenvalue weighted by Crippen LogP contribution is -2.05. The van der Waals surface area contributed by atoms with Crippen LogP contribution in [0.5, 0.6) is 11.6 Å². The standard InChI is InChI=1S/C16H18N2O3/c1-10(2)12-6-5-11(3)14(7-12)21-15-9-17-13(8-18-15)16(19)20-4/h5-10H,1-4H3. The van der Waals surface area contributed by atoms with Gasteiger partial charge in [-0.3, -0.25) is 0 Å². The van der Waals surface area contributed by atoms with E-state index >= 15 is 0 Å². The molecule has 21 heavy (non-hydrogen) atoms. The Balaban J connectivity index is 2.22. The summed E-state index contributed by atoms with van der Waals surface area (Å²) in [6, 6.07) is 6.09. The molecule has 0 spiro atoms. The average Bonchev–Trinajstić information content (AvgIpc) is 2.49. The van der Waals surface area contributed by atoms with Crippen molar-refractivity contribution in [1.82, 2.24) is 9.97 Å². The van der Waals surface area contributed by atoms with Crippen LogP contribution in [0.1, 0.15) is 41.4 Å². The van der Waals surface area contributed by atoms with Gasteiger partial charge in [-0.05, 0) is 30.0 Å². The molecule has 0 unspecified atom stereocenters. The molecule has 1 heterocycles. The maximum atomic E-state index is 11.3. The van der Waals surface area contributed by atoms with E-state index in [0.717, 1.165) is 11.3 Å². The third kappa shape index (κ3) is 3.56. The van der Waals surface area contributed by atoms with Gasteiger partial charge in [0.05, 0.1) is 19.5 Å². The summed E-state index contributed by atoms with van der Waals surface area (Å²) in [5.41, 5.74) is 2.35. The Bertz CT molecular complexity index is 636. The molecule has 0 radical (unpaired) electrons. The van der Waals surface area contributed by atoms with Crippen molar-refractivity contribution in [2.45, 2.75) is 26.7 Å². The molecular weight excluding hydrogens is 268 g/mol. The van der Waals surface area contributed by atoms with Gasteiger partial charge in [-0.1, -0.05) is 26.0 Å². The molecule has 0 saturated heterocycles. The van der Waals surface area contributed by atoms with Crippen molar-refractivity contribution in [3.63, 3.8) is 0 Å². The maximum Gasteiger partial charge on any atom is 0.358 e. The first-order valence-corrected chi connectivity index (χ1v) is 6.70. The van der Waals surface area contributed by atoms with E-state index in [9.17, 15) is 4.79 Å². The summed E-state index contributed by atoms with van der Waals surface area (Å²) in [6.07, 6.45) is 2.75. The Labute approximate surface area is 124 Å². The summed E-state index contributed by atoms with van der Waals surface area (Å²) >= 11 is 0. The van der Waals surface area contributed by atoms with Crippen LogP contribution in [0.4, 0.5) is 0 Å². The molecule has 2 rings (SSSR count). The van der Waals surface area contributed by atoms with Crippen LogP contribution >= 0.6 is 0 Å². The van der Waals surface area contributed by atoms with Crippen LogP contribution in [0.3, 0.4) is 0 Å². The topological polar surface area (TPSA) is 61.3 Å².